The molecular weight excluding hydrogens is 340 g/mol. The topological polar surface area (TPSA) is 57.7 Å². The van der Waals surface area contributed by atoms with E-state index in [0.29, 0.717) is 0 Å². The highest BCUT2D eigenvalue weighted by Crippen LogP contribution is 2.51. The van der Waals surface area contributed by atoms with Gasteiger partial charge in [0.05, 0.1) is 17.9 Å². The van der Waals surface area contributed by atoms with Gasteiger partial charge in [-0.1, -0.05) is 17.7 Å². The maximum absolute atomic E-state index is 13.3. The minimum Gasteiger partial charge on any atom is -0.353 e. The molecule has 5 nitrogen and oxygen atoms in total. The number of nitrogens with zero attached hydrogens (tertiary/aromatic N) is 2. The zero-order valence-corrected chi connectivity index (χ0v) is 16.7. The second-order valence-corrected chi connectivity index (χ2v) is 9.06. The molecule has 27 heavy (non-hydrogen) atoms. The van der Waals surface area contributed by atoms with Crippen LogP contribution in [0.25, 0.3) is 5.57 Å². The van der Waals surface area contributed by atoms with E-state index < -0.39 is 23.4 Å². The summed E-state index contributed by atoms with van der Waals surface area (Å²) in [7, 11) is 0. The van der Waals surface area contributed by atoms with Crippen molar-refractivity contribution in [1.29, 1.82) is 0 Å². The van der Waals surface area contributed by atoms with Crippen LogP contribution in [0.1, 0.15) is 45.7 Å². The van der Waals surface area contributed by atoms with E-state index in [0.717, 1.165) is 22.4 Å². The highest BCUT2D eigenvalue weighted by atomic mass is 16.2. The van der Waals surface area contributed by atoms with Crippen molar-refractivity contribution >= 4 is 28.9 Å². The first-order chi connectivity index (χ1) is 12.5. The number of imide groups is 1. The first-order valence-electron chi connectivity index (χ1n) is 9.50. The minimum absolute atomic E-state index is 0.0658. The summed E-state index contributed by atoms with van der Waals surface area (Å²) < 4.78 is 0. The van der Waals surface area contributed by atoms with Crippen molar-refractivity contribution in [2.24, 2.45) is 11.8 Å². The molecule has 0 aliphatic carbocycles. The van der Waals surface area contributed by atoms with Gasteiger partial charge in [-0.05, 0) is 59.2 Å². The Labute approximate surface area is 160 Å². The average molecular weight is 366 g/mol. The zero-order chi connectivity index (χ0) is 19.8. The number of aryl methyl sites for hydroxylation is 1. The molecule has 4 rings (SSSR count). The van der Waals surface area contributed by atoms with Gasteiger partial charge in [-0.25, -0.2) is 0 Å². The van der Waals surface area contributed by atoms with E-state index in [1.54, 1.807) is 0 Å². The summed E-state index contributed by atoms with van der Waals surface area (Å²) >= 11 is 0. The monoisotopic (exact) mass is 366 g/mol. The van der Waals surface area contributed by atoms with E-state index in [9.17, 15) is 14.4 Å². The number of ketones is 1. The van der Waals surface area contributed by atoms with Crippen LogP contribution in [-0.4, -0.2) is 40.1 Å². The predicted octanol–water partition coefficient (Wildman–Crippen LogP) is 2.96. The second-order valence-electron chi connectivity index (χ2n) is 9.06. The number of anilines is 1. The predicted molar refractivity (Wildman–Crippen MR) is 104 cm³/mol. The summed E-state index contributed by atoms with van der Waals surface area (Å²) in [6, 6.07) is 5.28. The van der Waals surface area contributed by atoms with Gasteiger partial charge in [-0.2, -0.15) is 0 Å². The van der Waals surface area contributed by atoms with Gasteiger partial charge in [0.25, 0.3) is 0 Å². The number of fused-ring (bicyclic) bond motifs is 5. The fourth-order valence-electron chi connectivity index (χ4n) is 5.08. The van der Waals surface area contributed by atoms with Gasteiger partial charge < -0.3 is 4.90 Å². The Morgan fingerprint density at radius 1 is 1.04 bits per heavy atom. The van der Waals surface area contributed by atoms with Crippen molar-refractivity contribution in [3.8, 4) is 0 Å². The molecule has 3 heterocycles. The van der Waals surface area contributed by atoms with Crippen molar-refractivity contribution in [2.45, 2.75) is 59.2 Å². The first kappa shape index (κ1) is 18.0. The van der Waals surface area contributed by atoms with E-state index in [2.05, 4.69) is 12.1 Å². The van der Waals surface area contributed by atoms with Crippen LogP contribution in [0, 0.1) is 18.8 Å². The Morgan fingerprint density at radius 2 is 1.67 bits per heavy atom. The third-order valence-corrected chi connectivity index (χ3v) is 6.09. The number of hydrogen-bond donors (Lipinski definition) is 0. The summed E-state index contributed by atoms with van der Waals surface area (Å²) in [4.78, 5) is 42.6. The number of allylic oxidation sites excluding steroid dienone is 1. The number of likely N-dealkylation sites (tertiary alicyclic amines) is 1. The molecular formula is C22H26N2O3. The molecule has 5 heteroatoms. The second kappa shape index (κ2) is 5.54. The van der Waals surface area contributed by atoms with Crippen LogP contribution in [0.3, 0.4) is 0 Å². The van der Waals surface area contributed by atoms with Crippen molar-refractivity contribution in [1.82, 2.24) is 4.90 Å². The maximum atomic E-state index is 13.3. The number of carbonyl (C=O) groups excluding carboxylic acids is 3. The largest absolute Gasteiger partial charge is 0.353 e. The van der Waals surface area contributed by atoms with Gasteiger partial charge in [0.15, 0.2) is 5.78 Å². The van der Waals surface area contributed by atoms with E-state index in [4.69, 9.17) is 0 Å². The lowest BCUT2D eigenvalue weighted by Gasteiger charge is -2.39. The molecule has 3 aliphatic heterocycles. The van der Waals surface area contributed by atoms with Gasteiger partial charge in [-0.15, -0.1) is 0 Å². The first-order valence-corrected chi connectivity index (χ1v) is 9.50. The summed E-state index contributed by atoms with van der Waals surface area (Å²) in [6.45, 7) is 11.2. The molecule has 0 aromatic heterocycles. The smallest absolute Gasteiger partial charge is 0.236 e. The molecule has 142 valence electrons. The van der Waals surface area contributed by atoms with Crippen LogP contribution in [0.15, 0.2) is 24.3 Å². The van der Waals surface area contributed by atoms with E-state index in [1.165, 1.54) is 11.8 Å². The molecule has 0 radical (unpaired) electrons. The third kappa shape index (κ3) is 2.33. The molecule has 2 saturated heterocycles. The standard InChI is InChI=1S/C22H26N2O3/c1-11-7-8-15-14(9-11)12(2)10-16-17-18(19(13(3)25)23(15)16)21(27)24(20(17)26)22(4,5)6/h7-10,16-19H,1-6H3/t16-,17+,18-,19-/m1/s1. The average Bonchev–Trinajstić information content (AvgIpc) is 3.01. The summed E-state index contributed by atoms with van der Waals surface area (Å²) in [6.07, 6.45) is 2.07. The van der Waals surface area contributed by atoms with Crippen LogP contribution in [0.2, 0.25) is 0 Å². The fourth-order valence-corrected chi connectivity index (χ4v) is 5.08. The van der Waals surface area contributed by atoms with Gasteiger partial charge >= 0.3 is 0 Å². The SMILES string of the molecule is CC(=O)[C@@H]1[C@@H]2C(=O)N(C(C)(C)C)C(=O)[C@H]2[C@H]2C=C(C)c3cc(C)ccc3N21. The van der Waals surface area contributed by atoms with Gasteiger partial charge in [0.1, 0.15) is 6.04 Å². The van der Waals surface area contributed by atoms with Crippen molar-refractivity contribution in [3.63, 3.8) is 0 Å². The molecule has 4 atom stereocenters. The molecule has 3 aliphatic rings. The number of Topliss-reactive ketones (excluding diaryl/α,β-unsaturated/α-hetero) is 1. The fraction of sp³-hybridized carbons (Fsp3) is 0.500. The highest BCUT2D eigenvalue weighted by Gasteiger charge is 2.64. The van der Waals surface area contributed by atoms with E-state index in [-0.39, 0.29) is 23.6 Å². The lowest BCUT2D eigenvalue weighted by Crippen LogP contribution is -2.52. The molecule has 0 N–H and O–H groups in total. The van der Waals surface area contributed by atoms with E-state index in [1.807, 2.05) is 51.7 Å². The summed E-state index contributed by atoms with van der Waals surface area (Å²) in [5.74, 6) is -1.56. The lowest BCUT2D eigenvalue weighted by atomic mass is 9.87. The number of benzene rings is 1. The molecule has 0 saturated carbocycles. The molecule has 1 aromatic carbocycles. The molecule has 0 spiro atoms. The van der Waals surface area contributed by atoms with Crippen LogP contribution in [-0.2, 0) is 14.4 Å². The van der Waals surface area contributed by atoms with Crippen LogP contribution >= 0.6 is 0 Å². The Morgan fingerprint density at radius 3 is 2.26 bits per heavy atom. The third-order valence-electron chi connectivity index (χ3n) is 6.09. The quantitative estimate of drug-likeness (QED) is 0.717. The Hall–Kier alpha value is -2.43. The number of rotatable bonds is 1. The molecule has 2 fully saturated rings. The molecule has 1 aromatic rings. The van der Waals surface area contributed by atoms with Crippen LogP contribution < -0.4 is 4.90 Å². The number of hydrogen-bond acceptors (Lipinski definition) is 4. The normalized spacial score (nSPS) is 29.5. The van der Waals surface area contributed by atoms with Gasteiger partial charge in [0, 0.05) is 16.8 Å². The highest BCUT2D eigenvalue weighted by molar-refractivity contribution is 6.11. The van der Waals surface area contributed by atoms with Gasteiger partial charge in [-0.3, -0.25) is 19.3 Å². The van der Waals surface area contributed by atoms with Crippen molar-refractivity contribution < 1.29 is 14.4 Å². The molecule has 0 bridgehead atoms. The maximum Gasteiger partial charge on any atom is 0.236 e. The Balaban J connectivity index is 1.90. The Bertz CT molecular complexity index is 909. The lowest BCUT2D eigenvalue weighted by molar-refractivity contribution is -0.146. The van der Waals surface area contributed by atoms with Gasteiger partial charge in [0.2, 0.25) is 11.8 Å². The molecule has 0 unspecified atom stereocenters. The minimum atomic E-state index is -0.615. The summed E-state index contributed by atoms with van der Waals surface area (Å²) in [5, 5.41) is 0. The summed E-state index contributed by atoms with van der Waals surface area (Å²) in [5.41, 5.74) is 3.66. The van der Waals surface area contributed by atoms with Crippen LogP contribution in [0.4, 0.5) is 5.69 Å². The van der Waals surface area contributed by atoms with Crippen molar-refractivity contribution in [2.75, 3.05) is 4.90 Å². The van der Waals surface area contributed by atoms with Crippen molar-refractivity contribution in [3.05, 3.63) is 35.4 Å². The van der Waals surface area contributed by atoms with E-state index >= 15 is 0 Å². The number of amides is 2. The molecule has 2 amide bonds. The number of carbonyl (C=O) groups is 3. The Kier molecular flexibility index (Phi) is 3.68. The zero-order valence-electron chi connectivity index (χ0n) is 16.7. The van der Waals surface area contributed by atoms with Crippen LogP contribution in [0.5, 0.6) is 0 Å².